The number of hydrogen-bond acceptors (Lipinski definition) is 4. The summed E-state index contributed by atoms with van der Waals surface area (Å²) in [6, 6.07) is 12.3. The van der Waals surface area contributed by atoms with Gasteiger partial charge in [0.2, 0.25) is 5.91 Å². The lowest BCUT2D eigenvalue weighted by Gasteiger charge is -2.24. The zero-order chi connectivity index (χ0) is 25.9. The number of aromatic nitrogens is 1. The Bertz CT molecular complexity index is 1260. The first-order valence-corrected chi connectivity index (χ1v) is 11.0. The summed E-state index contributed by atoms with van der Waals surface area (Å²) in [5, 5.41) is 14.3. The van der Waals surface area contributed by atoms with Crippen LogP contribution in [0.5, 0.6) is 0 Å². The predicted octanol–water partition coefficient (Wildman–Crippen LogP) is 5.10. The molecule has 186 valence electrons. The maximum absolute atomic E-state index is 12.9. The number of likely N-dealkylation sites (tertiary alicyclic amines) is 1. The minimum Gasteiger partial charge on any atom is -0.478 e. The molecule has 1 aromatic heterocycles. The van der Waals surface area contributed by atoms with Gasteiger partial charge in [-0.2, -0.15) is 13.2 Å². The van der Waals surface area contributed by atoms with Crippen molar-refractivity contribution in [2.45, 2.75) is 25.1 Å². The van der Waals surface area contributed by atoms with Gasteiger partial charge in [0.1, 0.15) is 6.04 Å². The van der Waals surface area contributed by atoms with E-state index in [0.29, 0.717) is 36.3 Å². The Morgan fingerprint density at radius 1 is 0.917 bits per heavy atom. The summed E-state index contributed by atoms with van der Waals surface area (Å²) in [6.07, 6.45) is -1.98. The number of carboxylic acids is 1. The number of nitrogens with one attached hydrogen (secondary N) is 2. The summed E-state index contributed by atoms with van der Waals surface area (Å²) in [5.41, 5.74) is 1.24. The van der Waals surface area contributed by atoms with E-state index in [1.807, 2.05) is 0 Å². The van der Waals surface area contributed by atoms with Gasteiger partial charge in [-0.1, -0.05) is 12.1 Å². The van der Waals surface area contributed by atoms with Crippen molar-refractivity contribution < 1.29 is 32.7 Å². The maximum Gasteiger partial charge on any atom is 0.416 e. The van der Waals surface area contributed by atoms with E-state index >= 15 is 0 Å². The van der Waals surface area contributed by atoms with E-state index in [-0.39, 0.29) is 11.3 Å². The Balaban J connectivity index is 1.37. The Hall–Kier alpha value is -4.41. The minimum absolute atomic E-state index is 0.158. The van der Waals surface area contributed by atoms with E-state index in [2.05, 4.69) is 15.6 Å². The Morgan fingerprint density at radius 3 is 2.17 bits per heavy atom. The maximum atomic E-state index is 12.9. The van der Waals surface area contributed by atoms with Gasteiger partial charge in [0.05, 0.1) is 28.7 Å². The van der Waals surface area contributed by atoms with Crippen LogP contribution < -0.4 is 10.6 Å². The highest BCUT2D eigenvalue weighted by Gasteiger charge is 2.34. The van der Waals surface area contributed by atoms with Crippen molar-refractivity contribution in [2.24, 2.45) is 0 Å². The summed E-state index contributed by atoms with van der Waals surface area (Å²) in [4.78, 5) is 42.2. The summed E-state index contributed by atoms with van der Waals surface area (Å²) in [5.74, 6) is -1.43. The second kappa shape index (κ2) is 10.1. The third-order valence-electron chi connectivity index (χ3n) is 5.74. The second-order valence-electron chi connectivity index (χ2n) is 8.16. The summed E-state index contributed by atoms with van der Waals surface area (Å²) in [7, 11) is 0. The molecule has 36 heavy (non-hydrogen) atoms. The topological polar surface area (TPSA) is 112 Å². The number of halogens is 3. The smallest absolute Gasteiger partial charge is 0.416 e. The molecule has 1 fully saturated rings. The van der Waals surface area contributed by atoms with Crippen LogP contribution in [0.25, 0.3) is 11.3 Å². The van der Waals surface area contributed by atoms with Gasteiger partial charge in [-0.05, 0) is 61.4 Å². The third kappa shape index (κ3) is 5.62. The van der Waals surface area contributed by atoms with E-state index in [9.17, 15) is 27.6 Å². The highest BCUT2D eigenvalue weighted by Crippen LogP contribution is 2.30. The quantitative estimate of drug-likeness (QED) is 0.453. The molecule has 8 nitrogen and oxygen atoms in total. The van der Waals surface area contributed by atoms with Gasteiger partial charge in [-0.3, -0.25) is 9.78 Å². The molecule has 0 spiro atoms. The lowest BCUT2D eigenvalue weighted by molar-refractivity contribution is -0.137. The van der Waals surface area contributed by atoms with E-state index in [1.165, 1.54) is 23.2 Å². The number of alkyl halides is 3. The molecule has 0 unspecified atom stereocenters. The molecular weight excluding hydrogens is 477 g/mol. The molecule has 0 radical (unpaired) electrons. The van der Waals surface area contributed by atoms with Crippen molar-refractivity contribution in [2.75, 3.05) is 17.2 Å². The van der Waals surface area contributed by atoms with Crippen molar-refractivity contribution in [3.63, 3.8) is 0 Å². The molecule has 3 amide bonds. The zero-order valence-corrected chi connectivity index (χ0v) is 18.7. The Kier molecular flexibility index (Phi) is 6.91. The van der Waals surface area contributed by atoms with Crippen molar-refractivity contribution >= 4 is 29.3 Å². The molecule has 4 rings (SSSR count). The average molecular weight is 498 g/mol. The fourth-order valence-electron chi connectivity index (χ4n) is 3.87. The van der Waals surface area contributed by atoms with Gasteiger partial charge in [0.15, 0.2) is 0 Å². The van der Waals surface area contributed by atoms with E-state index < -0.39 is 35.7 Å². The summed E-state index contributed by atoms with van der Waals surface area (Å²) in [6.45, 7) is 0.327. The number of carbonyl (C=O) groups is 3. The van der Waals surface area contributed by atoms with Crippen LogP contribution in [0.2, 0.25) is 0 Å². The average Bonchev–Trinajstić information content (AvgIpc) is 3.35. The number of carboxylic acid groups (broad SMARTS) is 1. The molecule has 1 aliphatic heterocycles. The number of carbonyl (C=O) groups excluding carboxylic acids is 2. The first-order chi connectivity index (χ1) is 17.1. The van der Waals surface area contributed by atoms with Crippen molar-refractivity contribution in [3.8, 4) is 11.3 Å². The summed E-state index contributed by atoms with van der Waals surface area (Å²) < 4.78 is 38.2. The van der Waals surface area contributed by atoms with Gasteiger partial charge < -0.3 is 20.6 Å². The molecule has 1 saturated heterocycles. The van der Waals surface area contributed by atoms with E-state index in [4.69, 9.17) is 5.11 Å². The fourth-order valence-corrected chi connectivity index (χ4v) is 3.87. The standard InChI is InChI=1S/C25H21F3N4O4/c26-25(27,28)17-7-9-18(10-8-17)31-24(36)32-13-1-2-21(32)22(33)30-19-11-12-20(29-14-19)15-3-5-16(6-4-15)23(34)35/h3-12,14,21H,1-2,13H2,(H,30,33)(H,31,36)(H,34,35)/t21-/m1/s1. The molecule has 2 aromatic carbocycles. The minimum atomic E-state index is -4.47. The molecule has 0 aliphatic carbocycles. The molecule has 11 heteroatoms. The van der Waals surface area contributed by atoms with E-state index in [0.717, 1.165) is 24.3 Å². The lowest BCUT2D eigenvalue weighted by atomic mass is 10.1. The van der Waals surface area contributed by atoms with Crippen molar-refractivity contribution in [3.05, 3.63) is 78.0 Å². The van der Waals surface area contributed by atoms with Crippen LogP contribution in [0.1, 0.15) is 28.8 Å². The van der Waals surface area contributed by atoms with Gasteiger partial charge in [0, 0.05) is 17.8 Å². The highest BCUT2D eigenvalue weighted by molar-refractivity contribution is 5.99. The van der Waals surface area contributed by atoms with Crippen LogP contribution in [-0.4, -0.2) is 45.5 Å². The van der Waals surface area contributed by atoms with Crippen molar-refractivity contribution in [1.82, 2.24) is 9.88 Å². The predicted molar refractivity (Wildman–Crippen MR) is 125 cm³/mol. The number of hydrogen-bond donors (Lipinski definition) is 3. The second-order valence-corrected chi connectivity index (χ2v) is 8.16. The third-order valence-corrected chi connectivity index (χ3v) is 5.74. The SMILES string of the molecule is O=C(O)c1ccc(-c2ccc(NC(=O)[C@H]3CCCN3C(=O)Nc3ccc(C(F)(F)F)cc3)cn2)cc1. The number of urea groups is 1. The van der Waals surface area contributed by atoms with E-state index in [1.54, 1.807) is 24.3 Å². The Morgan fingerprint density at radius 2 is 1.58 bits per heavy atom. The molecule has 3 N–H and O–H groups in total. The molecule has 1 aliphatic rings. The molecule has 3 aromatic rings. The first-order valence-electron chi connectivity index (χ1n) is 11.0. The number of amides is 3. The number of aromatic carboxylic acids is 1. The summed E-state index contributed by atoms with van der Waals surface area (Å²) >= 11 is 0. The molecule has 1 atom stereocenters. The number of pyridine rings is 1. The molecule has 2 heterocycles. The lowest BCUT2D eigenvalue weighted by Crippen LogP contribution is -2.45. The number of benzene rings is 2. The van der Waals surface area contributed by atoms with Crippen LogP contribution in [0.15, 0.2) is 66.9 Å². The van der Waals surface area contributed by atoms with Crippen molar-refractivity contribution in [1.29, 1.82) is 0 Å². The van der Waals surface area contributed by atoms with Crippen LogP contribution >= 0.6 is 0 Å². The molecule has 0 bridgehead atoms. The molecule has 0 saturated carbocycles. The highest BCUT2D eigenvalue weighted by atomic mass is 19.4. The first kappa shape index (κ1) is 24.7. The van der Waals surface area contributed by atoms with Gasteiger partial charge in [-0.15, -0.1) is 0 Å². The van der Waals surface area contributed by atoms with Crippen LogP contribution in [0, 0.1) is 0 Å². The number of nitrogens with zero attached hydrogens (tertiary/aromatic N) is 2. The van der Waals surface area contributed by atoms with Crippen LogP contribution in [-0.2, 0) is 11.0 Å². The van der Waals surface area contributed by atoms with Crippen LogP contribution in [0.4, 0.5) is 29.3 Å². The Labute approximate surface area is 203 Å². The van der Waals surface area contributed by atoms with Gasteiger partial charge >= 0.3 is 18.2 Å². The fraction of sp³-hybridized carbons (Fsp3) is 0.200. The van der Waals surface area contributed by atoms with Gasteiger partial charge in [0.25, 0.3) is 0 Å². The normalized spacial score (nSPS) is 15.4. The monoisotopic (exact) mass is 498 g/mol. The number of rotatable bonds is 5. The van der Waals surface area contributed by atoms with Gasteiger partial charge in [-0.25, -0.2) is 9.59 Å². The van der Waals surface area contributed by atoms with Crippen LogP contribution in [0.3, 0.4) is 0 Å². The largest absolute Gasteiger partial charge is 0.478 e. The molecular formula is C25H21F3N4O4. The number of anilines is 2. The zero-order valence-electron chi connectivity index (χ0n) is 18.7.